The summed E-state index contributed by atoms with van der Waals surface area (Å²) in [5, 5.41) is 0. The second kappa shape index (κ2) is 12.9. The fraction of sp³-hybridized carbons (Fsp3) is 0.286. The maximum Gasteiger partial charge on any atom is 0.338 e. The highest BCUT2D eigenvalue weighted by molar-refractivity contribution is 7.07. The van der Waals surface area contributed by atoms with Gasteiger partial charge in [0.15, 0.2) is 16.3 Å². The number of para-hydroxylation sites is 1. The molecule has 4 aromatic rings. The SMILES string of the molecule is CCOC(=O)C1=C(c2ccccc2)N=c2sc(=Cc3cccc(OC)c3OC)c(=O)n2C1c1cc(C(C)C)c(OC)cc1C. The summed E-state index contributed by atoms with van der Waals surface area (Å²) in [5.41, 5.74) is 4.58. The summed E-state index contributed by atoms with van der Waals surface area (Å²) in [5.74, 6) is 1.43. The van der Waals surface area contributed by atoms with Crippen LogP contribution in [0.4, 0.5) is 0 Å². The van der Waals surface area contributed by atoms with Gasteiger partial charge in [0.05, 0.1) is 49.8 Å². The third-order valence-corrected chi connectivity index (χ3v) is 8.61. The van der Waals surface area contributed by atoms with Crippen molar-refractivity contribution in [2.75, 3.05) is 27.9 Å². The van der Waals surface area contributed by atoms with Gasteiger partial charge in [0.1, 0.15) is 5.75 Å². The van der Waals surface area contributed by atoms with Crippen molar-refractivity contribution in [1.82, 2.24) is 4.57 Å². The third kappa shape index (κ3) is 5.55. The van der Waals surface area contributed by atoms with E-state index < -0.39 is 12.0 Å². The smallest absolute Gasteiger partial charge is 0.338 e. The second-order valence-electron chi connectivity index (χ2n) is 10.6. The number of aromatic nitrogens is 1. The standard InChI is InChI=1S/C35H36N2O6S/c1-8-43-34(39)29-30(22-13-10-9-11-14-22)36-35-37(31(29)25-19-24(20(2)3)27(41-6)17-21(25)4)33(38)28(44-35)18-23-15-12-16-26(40-5)32(23)42-7/h9-20,31H,8H2,1-7H3. The van der Waals surface area contributed by atoms with E-state index in [1.807, 2.05) is 61.5 Å². The molecule has 0 fully saturated rings. The zero-order valence-corrected chi connectivity index (χ0v) is 26.8. The van der Waals surface area contributed by atoms with E-state index in [1.54, 1.807) is 45.0 Å². The third-order valence-electron chi connectivity index (χ3n) is 7.63. The predicted molar refractivity (Wildman–Crippen MR) is 172 cm³/mol. The first-order valence-corrected chi connectivity index (χ1v) is 15.2. The number of benzene rings is 3. The Hall–Kier alpha value is -4.63. The maximum absolute atomic E-state index is 14.4. The van der Waals surface area contributed by atoms with Gasteiger partial charge in [-0.3, -0.25) is 9.36 Å². The van der Waals surface area contributed by atoms with Crippen molar-refractivity contribution in [3.63, 3.8) is 0 Å². The van der Waals surface area contributed by atoms with E-state index in [2.05, 4.69) is 13.8 Å². The number of hydrogen-bond donors (Lipinski definition) is 0. The molecule has 1 aliphatic rings. The summed E-state index contributed by atoms with van der Waals surface area (Å²) < 4.78 is 24.5. The number of aryl methyl sites for hydroxylation is 1. The average molecular weight is 613 g/mol. The summed E-state index contributed by atoms with van der Waals surface area (Å²) in [6.45, 7) is 8.07. The lowest BCUT2D eigenvalue weighted by molar-refractivity contribution is -0.138. The van der Waals surface area contributed by atoms with Crippen LogP contribution in [-0.4, -0.2) is 38.5 Å². The first-order chi connectivity index (χ1) is 21.2. The van der Waals surface area contributed by atoms with Crippen molar-refractivity contribution in [1.29, 1.82) is 0 Å². The van der Waals surface area contributed by atoms with E-state index in [0.29, 0.717) is 37.7 Å². The number of carbonyl (C=O) groups is 1. The molecule has 5 rings (SSSR count). The predicted octanol–water partition coefficient (Wildman–Crippen LogP) is 5.39. The fourth-order valence-corrected chi connectivity index (χ4v) is 6.53. The summed E-state index contributed by atoms with van der Waals surface area (Å²) in [4.78, 5) is 33.7. The lowest BCUT2D eigenvalue weighted by atomic mass is 9.87. The Balaban J connectivity index is 1.89. The van der Waals surface area contributed by atoms with Gasteiger partial charge in [-0.2, -0.15) is 0 Å². The molecule has 0 saturated carbocycles. The number of nitrogens with zero attached hydrogens (tertiary/aromatic N) is 2. The van der Waals surface area contributed by atoms with E-state index in [9.17, 15) is 9.59 Å². The summed E-state index contributed by atoms with van der Waals surface area (Å²) >= 11 is 1.26. The van der Waals surface area contributed by atoms with Crippen LogP contribution in [0.3, 0.4) is 0 Å². The van der Waals surface area contributed by atoms with Gasteiger partial charge < -0.3 is 18.9 Å². The van der Waals surface area contributed by atoms with Crippen molar-refractivity contribution in [3.8, 4) is 17.2 Å². The van der Waals surface area contributed by atoms with Crippen molar-refractivity contribution in [2.45, 2.75) is 39.7 Å². The monoisotopic (exact) mass is 612 g/mol. The first-order valence-electron chi connectivity index (χ1n) is 14.4. The number of ether oxygens (including phenoxy) is 4. The molecule has 0 amide bonds. The summed E-state index contributed by atoms with van der Waals surface area (Å²) in [6.07, 6.45) is 1.78. The molecule has 1 aromatic heterocycles. The van der Waals surface area contributed by atoms with Gasteiger partial charge in [-0.15, -0.1) is 0 Å². The molecule has 1 unspecified atom stereocenters. The number of fused-ring (bicyclic) bond motifs is 1. The quantitative estimate of drug-likeness (QED) is 0.236. The van der Waals surface area contributed by atoms with E-state index in [1.165, 1.54) is 11.3 Å². The molecule has 1 atom stereocenters. The molecule has 44 heavy (non-hydrogen) atoms. The lowest BCUT2D eigenvalue weighted by Crippen LogP contribution is -2.40. The van der Waals surface area contributed by atoms with Gasteiger partial charge in [0, 0.05) is 11.1 Å². The van der Waals surface area contributed by atoms with Gasteiger partial charge >= 0.3 is 5.97 Å². The highest BCUT2D eigenvalue weighted by Gasteiger charge is 2.36. The number of methoxy groups -OCH3 is 3. The Labute approximate surface area is 260 Å². The first kappa shape index (κ1) is 30.8. The normalized spacial score (nSPS) is 14.7. The highest BCUT2D eigenvalue weighted by atomic mass is 32.1. The number of thiazole rings is 1. The average Bonchev–Trinajstić information content (AvgIpc) is 3.34. The fourth-order valence-electron chi connectivity index (χ4n) is 5.54. The molecule has 0 radical (unpaired) electrons. The Morgan fingerprint density at radius 2 is 1.73 bits per heavy atom. The molecular weight excluding hydrogens is 576 g/mol. The lowest BCUT2D eigenvalue weighted by Gasteiger charge is -2.28. The van der Waals surface area contributed by atoms with Crippen molar-refractivity contribution in [2.24, 2.45) is 4.99 Å². The number of carbonyl (C=O) groups excluding carboxylic acids is 1. The van der Waals surface area contributed by atoms with Gasteiger partial charge in [0.2, 0.25) is 0 Å². The van der Waals surface area contributed by atoms with Crippen LogP contribution in [0.15, 0.2) is 76.0 Å². The van der Waals surface area contributed by atoms with Crippen LogP contribution >= 0.6 is 11.3 Å². The van der Waals surface area contributed by atoms with Crippen LogP contribution in [0.5, 0.6) is 17.2 Å². The zero-order valence-electron chi connectivity index (χ0n) is 26.0. The summed E-state index contributed by atoms with van der Waals surface area (Å²) in [7, 11) is 4.78. The van der Waals surface area contributed by atoms with Crippen LogP contribution in [0, 0.1) is 6.92 Å². The minimum absolute atomic E-state index is 0.129. The largest absolute Gasteiger partial charge is 0.496 e. The molecule has 0 N–H and O–H groups in total. The molecule has 0 spiro atoms. The van der Waals surface area contributed by atoms with Crippen LogP contribution in [-0.2, 0) is 9.53 Å². The Bertz CT molecular complexity index is 1920. The molecule has 0 saturated heterocycles. The number of esters is 1. The molecule has 0 bridgehead atoms. The Morgan fingerprint density at radius 3 is 2.36 bits per heavy atom. The van der Waals surface area contributed by atoms with E-state index in [-0.39, 0.29) is 18.1 Å². The van der Waals surface area contributed by atoms with E-state index >= 15 is 0 Å². The molecule has 0 aliphatic carbocycles. The van der Waals surface area contributed by atoms with Crippen molar-refractivity contribution in [3.05, 3.63) is 114 Å². The molecule has 3 aromatic carbocycles. The molecular formula is C35H36N2O6S. The van der Waals surface area contributed by atoms with E-state index in [0.717, 1.165) is 28.0 Å². The van der Waals surface area contributed by atoms with Gasteiger partial charge in [0.25, 0.3) is 5.56 Å². The molecule has 8 nitrogen and oxygen atoms in total. The molecule has 2 heterocycles. The van der Waals surface area contributed by atoms with Crippen LogP contribution in [0.25, 0.3) is 11.8 Å². The van der Waals surface area contributed by atoms with Crippen LogP contribution in [0.2, 0.25) is 0 Å². The zero-order chi connectivity index (χ0) is 31.5. The van der Waals surface area contributed by atoms with E-state index in [4.69, 9.17) is 23.9 Å². The van der Waals surface area contributed by atoms with Crippen molar-refractivity contribution >= 4 is 29.1 Å². The topological polar surface area (TPSA) is 88.4 Å². The molecule has 228 valence electrons. The van der Waals surface area contributed by atoms with Crippen molar-refractivity contribution < 1.29 is 23.7 Å². The molecule has 9 heteroatoms. The van der Waals surface area contributed by atoms with Gasteiger partial charge in [-0.25, -0.2) is 9.79 Å². The minimum Gasteiger partial charge on any atom is -0.496 e. The highest BCUT2D eigenvalue weighted by Crippen LogP contribution is 2.40. The van der Waals surface area contributed by atoms with Gasteiger partial charge in [-0.1, -0.05) is 67.6 Å². The van der Waals surface area contributed by atoms with Crippen LogP contribution < -0.4 is 29.1 Å². The summed E-state index contributed by atoms with van der Waals surface area (Å²) in [6, 6.07) is 18.2. The Morgan fingerprint density at radius 1 is 1.00 bits per heavy atom. The van der Waals surface area contributed by atoms with Crippen LogP contribution in [0.1, 0.15) is 60.5 Å². The second-order valence-corrected chi connectivity index (χ2v) is 11.6. The minimum atomic E-state index is -0.793. The number of rotatable bonds is 9. The Kier molecular flexibility index (Phi) is 9.06. The van der Waals surface area contributed by atoms with Gasteiger partial charge in [-0.05, 0) is 60.7 Å². The maximum atomic E-state index is 14.4. The number of hydrogen-bond acceptors (Lipinski definition) is 8. The molecule has 1 aliphatic heterocycles.